The van der Waals surface area contributed by atoms with Gasteiger partial charge in [-0.1, -0.05) is 11.6 Å². The summed E-state index contributed by atoms with van der Waals surface area (Å²) in [4.78, 5) is 15.3. The number of piperidine rings is 1. The summed E-state index contributed by atoms with van der Waals surface area (Å²) >= 11 is 7.44. The van der Waals surface area contributed by atoms with E-state index in [1.807, 2.05) is 17.0 Å². The van der Waals surface area contributed by atoms with E-state index in [1.165, 1.54) is 4.88 Å². The standard InChI is InChI=1S/C14H21ClN2OS.ClH/c1-10(16)11-6-8-17(9-7-11)14(18)5-3-12-2-4-13(15)19-12;/h2,4,10-11H,3,5-9,16H2,1H3;1H. The largest absolute Gasteiger partial charge is 0.343 e. The first-order valence-corrected chi connectivity index (χ1v) is 8.03. The molecule has 0 aliphatic carbocycles. The Morgan fingerprint density at radius 3 is 2.65 bits per heavy atom. The van der Waals surface area contributed by atoms with E-state index in [0.717, 1.165) is 36.7 Å². The van der Waals surface area contributed by atoms with Crippen LogP contribution in [0, 0.1) is 5.92 Å². The molecule has 114 valence electrons. The van der Waals surface area contributed by atoms with Gasteiger partial charge in [-0.3, -0.25) is 4.79 Å². The average molecular weight is 337 g/mol. The predicted octanol–water partition coefficient (Wildman–Crippen LogP) is 3.34. The number of rotatable bonds is 4. The number of amides is 1. The molecule has 0 spiro atoms. The van der Waals surface area contributed by atoms with Crippen molar-refractivity contribution in [2.45, 2.75) is 38.6 Å². The van der Waals surface area contributed by atoms with Gasteiger partial charge in [0.05, 0.1) is 4.34 Å². The maximum absolute atomic E-state index is 12.1. The van der Waals surface area contributed by atoms with Gasteiger partial charge in [0.25, 0.3) is 0 Å². The highest BCUT2D eigenvalue weighted by atomic mass is 35.5. The van der Waals surface area contributed by atoms with Crippen molar-refractivity contribution in [1.82, 2.24) is 4.90 Å². The molecule has 0 bridgehead atoms. The molecule has 0 aromatic carbocycles. The number of hydrogen-bond donors (Lipinski definition) is 1. The van der Waals surface area contributed by atoms with Crippen LogP contribution >= 0.6 is 35.3 Å². The highest BCUT2D eigenvalue weighted by Crippen LogP contribution is 2.24. The number of halogens is 2. The maximum Gasteiger partial charge on any atom is 0.222 e. The third-order valence-electron chi connectivity index (χ3n) is 3.85. The molecule has 2 rings (SSSR count). The quantitative estimate of drug-likeness (QED) is 0.916. The van der Waals surface area contributed by atoms with E-state index in [2.05, 4.69) is 6.92 Å². The summed E-state index contributed by atoms with van der Waals surface area (Å²) in [7, 11) is 0. The average Bonchev–Trinajstić information content (AvgIpc) is 2.82. The highest BCUT2D eigenvalue weighted by Gasteiger charge is 2.24. The zero-order chi connectivity index (χ0) is 13.8. The van der Waals surface area contributed by atoms with Crippen LogP contribution in [0.5, 0.6) is 0 Å². The van der Waals surface area contributed by atoms with Crippen molar-refractivity contribution in [3.05, 3.63) is 21.3 Å². The molecular weight excluding hydrogens is 315 g/mol. The second kappa shape index (κ2) is 8.23. The Kier molecular flexibility index (Phi) is 7.30. The van der Waals surface area contributed by atoms with Crippen LogP contribution in [0.2, 0.25) is 4.34 Å². The zero-order valence-electron chi connectivity index (χ0n) is 11.7. The van der Waals surface area contributed by atoms with Gasteiger partial charge in [-0.15, -0.1) is 23.7 Å². The maximum atomic E-state index is 12.1. The number of carbonyl (C=O) groups is 1. The van der Waals surface area contributed by atoms with Crippen molar-refractivity contribution in [3.8, 4) is 0 Å². The Morgan fingerprint density at radius 2 is 2.15 bits per heavy atom. The number of aryl methyl sites for hydroxylation is 1. The molecule has 1 saturated heterocycles. The number of nitrogens with two attached hydrogens (primary N) is 1. The summed E-state index contributed by atoms with van der Waals surface area (Å²) in [6, 6.07) is 4.13. The molecule has 1 aliphatic heterocycles. The van der Waals surface area contributed by atoms with Gasteiger partial charge >= 0.3 is 0 Å². The molecule has 3 nitrogen and oxygen atoms in total. The summed E-state index contributed by atoms with van der Waals surface area (Å²) < 4.78 is 0.792. The first-order valence-electron chi connectivity index (χ1n) is 6.84. The van der Waals surface area contributed by atoms with Crippen LogP contribution in [-0.2, 0) is 11.2 Å². The van der Waals surface area contributed by atoms with Crippen molar-refractivity contribution in [1.29, 1.82) is 0 Å². The van der Waals surface area contributed by atoms with Gasteiger partial charge < -0.3 is 10.6 Å². The fourth-order valence-electron chi connectivity index (χ4n) is 2.55. The first kappa shape index (κ1) is 17.8. The van der Waals surface area contributed by atoms with Gasteiger partial charge in [0.15, 0.2) is 0 Å². The SMILES string of the molecule is CC(N)C1CCN(C(=O)CCc2ccc(Cl)s2)CC1.Cl. The molecule has 0 radical (unpaired) electrons. The monoisotopic (exact) mass is 336 g/mol. The van der Waals surface area contributed by atoms with Crippen LogP contribution in [0.1, 0.15) is 31.1 Å². The molecule has 2 heterocycles. The van der Waals surface area contributed by atoms with E-state index in [0.29, 0.717) is 12.3 Å². The summed E-state index contributed by atoms with van der Waals surface area (Å²) in [5.74, 6) is 0.827. The second-order valence-corrected chi connectivity index (χ2v) is 7.08. The fourth-order valence-corrected chi connectivity index (χ4v) is 3.64. The molecule has 1 aromatic rings. The Hall–Kier alpha value is -0.290. The molecule has 0 saturated carbocycles. The lowest BCUT2D eigenvalue weighted by atomic mass is 9.91. The van der Waals surface area contributed by atoms with E-state index in [1.54, 1.807) is 11.3 Å². The van der Waals surface area contributed by atoms with E-state index in [-0.39, 0.29) is 24.4 Å². The fraction of sp³-hybridized carbons (Fsp3) is 0.643. The minimum Gasteiger partial charge on any atom is -0.343 e. The van der Waals surface area contributed by atoms with E-state index < -0.39 is 0 Å². The molecule has 6 heteroatoms. The van der Waals surface area contributed by atoms with Crippen molar-refractivity contribution in [2.75, 3.05) is 13.1 Å². The van der Waals surface area contributed by atoms with Crippen molar-refractivity contribution in [3.63, 3.8) is 0 Å². The van der Waals surface area contributed by atoms with Gasteiger partial charge in [-0.05, 0) is 44.2 Å². The summed E-state index contributed by atoms with van der Waals surface area (Å²) in [6.45, 7) is 3.77. The molecule has 1 amide bonds. The van der Waals surface area contributed by atoms with E-state index in [9.17, 15) is 4.79 Å². The minimum absolute atomic E-state index is 0. The Balaban J connectivity index is 0.00000200. The van der Waals surface area contributed by atoms with Gasteiger partial charge in [0.1, 0.15) is 0 Å². The number of hydrogen-bond acceptors (Lipinski definition) is 3. The molecular formula is C14H22Cl2N2OS. The Bertz CT molecular complexity index is 429. The lowest BCUT2D eigenvalue weighted by molar-refractivity contribution is -0.132. The summed E-state index contributed by atoms with van der Waals surface area (Å²) in [6.07, 6.45) is 3.45. The summed E-state index contributed by atoms with van der Waals surface area (Å²) in [5.41, 5.74) is 5.91. The normalized spacial score (nSPS) is 17.6. The summed E-state index contributed by atoms with van der Waals surface area (Å²) in [5, 5.41) is 0. The van der Waals surface area contributed by atoms with Crippen molar-refractivity contribution >= 4 is 41.3 Å². The van der Waals surface area contributed by atoms with Crippen molar-refractivity contribution < 1.29 is 4.79 Å². The molecule has 1 unspecified atom stereocenters. The van der Waals surface area contributed by atoms with Crippen LogP contribution in [0.3, 0.4) is 0 Å². The minimum atomic E-state index is 0. The van der Waals surface area contributed by atoms with Gasteiger partial charge in [0, 0.05) is 30.4 Å². The van der Waals surface area contributed by atoms with Crippen LogP contribution in [-0.4, -0.2) is 29.9 Å². The van der Waals surface area contributed by atoms with Crippen LogP contribution in [0.15, 0.2) is 12.1 Å². The number of nitrogens with zero attached hydrogens (tertiary/aromatic N) is 1. The molecule has 1 fully saturated rings. The lowest BCUT2D eigenvalue weighted by Crippen LogP contribution is -2.42. The third kappa shape index (κ3) is 4.92. The number of thiophene rings is 1. The highest BCUT2D eigenvalue weighted by molar-refractivity contribution is 7.16. The van der Waals surface area contributed by atoms with Crippen LogP contribution in [0.25, 0.3) is 0 Å². The Morgan fingerprint density at radius 1 is 1.50 bits per heavy atom. The van der Waals surface area contributed by atoms with Crippen molar-refractivity contribution in [2.24, 2.45) is 11.7 Å². The number of likely N-dealkylation sites (tertiary alicyclic amines) is 1. The number of carbonyl (C=O) groups excluding carboxylic acids is 1. The van der Waals surface area contributed by atoms with Crippen LogP contribution < -0.4 is 5.73 Å². The topological polar surface area (TPSA) is 46.3 Å². The molecule has 2 N–H and O–H groups in total. The van der Waals surface area contributed by atoms with E-state index in [4.69, 9.17) is 17.3 Å². The lowest BCUT2D eigenvalue weighted by Gasteiger charge is -2.33. The van der Waals surface area contributed by atoms with Gasteiger partial charge in [-0.2, -0.15) is 0 Å². The van der Waals surface area contributed by atoms with E-state index >= 15 is 0 Å². The molecule has 1 aliphatic rings. The third-order valence-corrected chi connectivity index (χ3v) is 5.14. The molecule has 1 aromatic heterocycles. The Labute approximate surface area is 135 Å². The van der Waals surface area contributed by atoms with Gasteiger partial charge in [0.2, 0.25) is 5.91 Å². The predicted molar refractivity (Wildman–Crippen MR) is 87.9 cm³/mol. The smallest absolute Gasteiger partial charge is 0.222 e. The second-order valence-electron chi connectivity index (χ2n) is 5.28. The molecule has 1 atom stereocenters. The first-order chi connectivity index (χ1) is 9.06. The molecule has 20 heavy (non-hydrogen) atoms. The van der Waals surface area contributed by atoms with Gasteiger partial charge in [-0.25, -0.2) is 0 Å². The van der Waals surface area contributed by atoms with Crippen LogP contribution in [0.4, 0.5) is 0 Å². The zero-order valence-corrected chi connectivity index (χ0v) is 14.1.